The van der Waals surface area contributed by atoms with Crippen LogP contribution in [0.25, 0.3) is 11.4 Å². The SMILES string of the molecule is CCOc1ccccc1-c1nc(SCC(=O)Nc2cc(C(=O)OC)ccc2Cl)n[nH]1. The van der Waals surface area contributed by atoms with Crippen molar-refractivity contribution < 1.29 is 19.1 Å². The number of methoxy groups -OCH3 is 1. The van der Waals surface area contributed by atoms with Gasteiger partial charge in [-0.15, -0.1) is 5.10 Å². The highest BCUT2D eigenvalue weighted by Crippen LogP contribution is 2.28. The number of anilines is 1. The normalized spacial score (nSPS) is 10.5. The summed E-state index contributed by atoms with van der Waals surface area (Å²) in [5, 5.41) is 10.4. The number of carbonyl (C=O) groups excluding carboxylic acids is 2. The lowest BCUT2D eigenvalue weighted by Gasteiger charge is -2.08. The number of H-pyrrole nitrogens is 1. The molecule has 0 radical (unpaired) electrons. The number of para-hydroxylation sites is 1. The fourth-order valence-electron chi connectivity index (χ4n) is 2.56. The highest BCUT2D eigenvalue weighted by atomic mass is 35.5. The van der Waals surface area contributed by atoms with Gasteiger partial charge >= 0.3 is 5.97 Å². The number of benzene rings is 2. The number of nitrogens with one attached hydrogen (secondary N) is 2. The zero-order valence-corrected chi connectivity index (χ0v) is 17.8. The Morgan fingerprint density at radius 3 is 2.80 bits per heavy atom. The van der Waals surface area contributed by atoms with Gasteiger partial charge in [0.1, 0.15) is 5.75 Å². The number of carbonyl (C=O) groups is 2. The molecule has 1 amide bonds. The van der Waals surface area contributed by atoms with Crippen molar-refractivity contribution in [2.75, 3.05) is 24.8 Å². The van der Waals surface area contributed by atoms with Crippen LogP contribution in [0, 0.1) is 0 Å². The molecule has 8 nitrogen and oxygen atoms in total. The van der Waals surface area contributed by atoms with E-state index in [0.717, 1.165) is 17.3 Å². The predicted molar refractivity (Wildman–Crippen MR) is 115 cm³/mol. The molecule has 0 unspecified atom stereocenters. The fourth-order valence-corrected chi connectivity index (χ4v) is 3.32. The average Bonchev–Trinajstić information content (AvgIpc) is 3.23. The summed E-state index contributed by atoms with van der Waals surface area (Å²) in [6.45, 7) is 2.44. The summed E-state index contributed by atoms with van der Waals surface area (Å²) in [7, 11) is 1.28. The van der Waals surface area contributed by atoms with Crippen molar-refractivity contribution in [3.05, 3.63) is 53.1 Å². The topological polar surface area (TPSA) is 106 Å². The number of nitrogens with zero attached hydrogens (tertiary/aromatic N) is 2. The molecule has 3 aromatic rings. The summed E-state index contributed by atoms with van der Waals surface area (Å²) in [5.41, 5.74) is 1.40. The van der Waals surface area contributed by atoms with E-state index < -0.39 is 5.97 Å². The lowest BCUT2D eigenvalue weighted by Crippen LogP contribution is -2.15. The molecule has 0 saturated heterocycles. The van der Waals surface area contributed by atoms with Crippen molar-refractivity contribution in [3.8, 4) is 17.1 Å². The minimum atomic E-state index is -0.517. The number of aromatic nitrogens is 3. The van der Waals surface area contributed by atoms with E-state index in [4.69, 9.17) is 16.3 Å². The second-order valence-corrected chi connectivity index (χ2v) is 7.27. The maximum atomic E-state index is 12.3. The van der Waals surface area contributed by atoms with E-state index >= 15 is 0 Å². The van der Waals surface area contributed by atoms with Crippen molar-refractivity contribution in [2.24, 2.45) is 0 Å². The number of halogens is 1. The number of rotatable bonds is 8. The van der Waals surface area contributed by atoms with Crippen molar-refractivity contribution in [3.63, 3.8) is 0 Å². The molecule has 2 N–H and O–H groups in total. The Labute approximate surface area is 182 Å². The summed E-state index contributed by atoms with van der Waals surface area (Å²) < 4.78 is 10.3. The van der Waals surface area contributed by atoms with Gasteiger partial charge in [-0.2, -0.15) is 0 Å². The molecule has 0 aliphatic heterocycles. The number of ether oxygens (including phenoxy) is 2. The van der Waals surface area contributed by atoms with E-state index in [9.17, 15) is 9.59 Å². The molecular weight excluding hydrogens is 428 g/mol. The van der Waals surface area contributed by atoms with E-state index in [0.29, 0.717) is 34.0 Å². The van der Waals surface area contributed by atoms with Crippen LogP contribution >= 0.6 is 23.4 Å². The largest absolute Gasteiger partial charge is 0.493 e. The van der Waals surface area contributed by atoms with Gasteiger partial charge in [0.05, 0.1) is 41.3 Å². The number of thioether (sulfide) groups is 1. The first-order chi connectivity index (χ1) is 14.5. The first-order valence-corrected chi connectivity index (χ1v) is 10.3. The van der Waals surface area contributed by atoms with Crippen LogP contribution in [0.1, 0.15) is 17.3 Å². The maximum absolute atomic E-state index is 12.3. The monoisotopic (exact) mass is 446 g/mol. The molecule has 0 fully saturated rings. The molecule has 0 atom stereocenters. The Morgan fingerprint density at radius 2 is 2.03 bits per heavy atom. The molecule has 0 bridgehead atoms. The summed E-state index contributed by atoms with van der Waals surface area (Å²) >= 11 is 7.26. The Hall–Kier alpha value is -3.04. The van der Waals surface area contributed by atoms with E-state index in [1.165, 1.54) is 25.3 Å². The van der Waals surface area contributed by atoms with Crippen LogP contribution in [0.2, 0.25) is 5.02 Å². The summed E-state index contributed by atoms with van der Waals surface area (Å²) in [5.74, 6) is 0.479. The van der Waals surface area contributed by atoms with Crippen molar-refractivity contribution >= 4 is 40.9 Å². The van der Waals surface area contributed by atoms with Crippen molar-refractivity contribution in [2.45, 2.75) is 12.1 Å². The summed E-state index contributed by atoms with van der Waals surface area (Å²) in [6, 6.07) is 12.0. The van der Waals surface area contributed by atoms with E-state index in [1.807, 2.05) is 31.2 Å². The quantitative estimate of drug-likeness (QED) is 0.397. The number of aromatic amines is 1. The molecule has 2 aromatic carbocycles. The minimum absolute atomic E-state index is 0.0587. The molecule has 156 valence electrons. The van der Waals surface area contributed by atoms with Gasteiger partial charge in [0, 0.05) is 0 Å². The lowest BCUT2D eigenvalue weighted by molar-refractivity contribution is -0.113. The van der Waals surface area contributed by atoms with Crippen LogP contribution in [0.3, 0.4) is 0 Å². The van der Waals surface area contributed by atoms with Crippen LogP contribution in [-0.2, 0) is 9.53 Å². The molecule has 10 heteroatoms. The Bertz CT molecular complexity index is 1060. The molecule has 3 rings (SSSR count). The third-order valence-corrected chi connectivity index (χ3v) is 5.08. The molecule has 0 aliphatic rings. The van der Waals surface area contributed by atoms with Crippen LogP contribution in [0.15, 0.2) is 47.6 Å². The molecule has 1 aromatic heterocycles. The Morgan fingerprint density at radius 1 is 1.23 bits per heavy atom. The second-order valence-electron chi connectivity index (χ2n) is 5.92. The maximum Gasteiger partial charge on any atom is 0.337 e. The van der Waals surface area contributed by atoms with E-state index in [2.05, 4.69) is 25.2 Å². The summed E-state index contributed by atoms with van der Waals surface area (Å²) in [4.78, 5) is 28.4. The third kappa shape index (κ3) is 5.31. The van der Waals surface area contributed by atoms with Gasteiger partial charge in [0.15, 0.2) is 5.82 Å². The minimum Gasteiger partial charge on any atom is -0.493 e. The fraction of sp³-hybridized carbons (Fsp3) is 0.200. The molecule has 0 spiro atoms. The highest BCUT2D eigenvalue weighted by molar-refractivity contribution is 7.99. The van der Waals surface area contributed by atoms with Crippen LogP contribution in [0.5, 0.6) is 5.75 Å². The zero-order valence-electron chi connectivity index (χ0n) is 16.3. The van der Waals surface area contributed by atoms with Crippen LogP contribution in [-0.4, -0.2) is 46.5 Å². The molecule has 1 heterocycles. The van der Waals surface area contributed by atoms with Gasteiger partial charge in [-0.1, -0.05) is 35.5 Å². The van der Waals surface area contributed by atoms with Crippen molar-refractivity contribution in [1.29, 1.82) is 0 Å². The first kappa shape index (κ1) is 21.7. The number of hydrogen-bond acceptors (Lipinski definition) is 7. The Kier molecular flexibility index (Phi) is 7.31. The number of amides is 1. The third-order valence-electron chi connectivity index (χ3n) is 3.90. The molecular formula is C20H19ClN4O4S. The van der Waals surface area contributed by atoms with Gasteiger partial charge < -0.3 is 14.8 Å². The van der Waals surface area contributed by atoms with Crippen LogP contribution < -0.4 is 10.1 Å². The smallest absolute Gasteiger partial charge is 0.337 e. The summed E-state index contributed by atoms with van der Waals surface area (Å²) in [6.07, 6.45) is 0. The lowest BCUT2D eigenvalue weighted by atomic mass is 10.2. The van der Waals surface area contributed by atoms with Crippen LogP contribution in [0.4, 0.5) is 5.69 Å². The van der Waals surface area contributed by atoms with Gasteiger partial charge in [-0.3, -0.25) is 9.89 Å². The number of hydrogen-bond donors (Lipinski definition) is 2. The van der Waals surface area contributed by atoms with E-state index in [-0.39, 0.29) is 17.2 Å². The van der Waals surface area contributed by atoms with Gasteiger partial charge in [0.25, 0.3) is 0 Å². The second kappa shape index (κ2) is 10.1. The predicted octanol–water partition coefficient (Wildman–Crippen LogP) is 4.04. The Balaban J connectivity index is 1.63. The van der Waals surface area contributed by atoms with Crippen molar-refractivity contribution in [1.82, 2.24) is 15.2 Å². The molecule has 0 saturated carbocycles. The highest BCUT2D eigenvalue weighted by Gasteiger charge is 2.14. The average molecular weight is 447 g/mol. The molecule has 0 aliphatic carbocycles. The zero-order chi connectivity index (χ0) is 21.5. The standard InChI is InChI=1S/C20H19ClN4O4S/c1-3-29-16-7-5-4-6-13(16)18-23-20(25-24-18)30-11-17(26)22-15-10-12(19(27)28-2)8-9-14(15)21/h4-10H,3,11H2,1-2H3,(H,22,26)(H,23,24,25). The van der Waals surface area contributed by atoms with E-state index in [1.54, 1.807) is 0 Å². The first-order valence-electron chi connectivity index (χ1n) is 8.97. The van der Waals surface area contributed by atoms with Gasteiger partial charge in [0.2, 0.25) is 11.1 Å². The molecule has 30 heavy (non-hydrogen) atoms. The van der Waals surface area contributed by atoms with Gasteiger partial charge in [-0.25, -0.2) is 9.78 Å². The number of esters is 1. The van der Waals surface area contributed by atoms with Gasteiger partial charge in [-0.05, 0) is 37.3 Å².